The molecule has 0 aromatic heterocycles. The van der Waals surface area contributed by atoms with Crippen molar-refractivity contribution in [1.82, 2.24) is 10.4 Å². The van der Waals surface area contributed by atoms with Gasteiger partial charge in [-0.05, 0) is 13.5 Å². The van der Waals surface area contributed by atoms with Gasteiger partial charge in [0.25, 0.3) is 0 Å². The third-order valence-corrected chi connectivity index (χ3v) is 2.41. The highest BCUT2D eigenvalue weighted by Crippen LogP contribution is 2.46. The molecule has 1 aliphatic rings. The van der Waals surface area contributed by atoms with Crippen molar-refractivity contribution in [3.8, 4) is 0 Å². The quantitative estimate of drug-likeness (QED) is 0.512. The van der Waals surface area contributed by atoms with Crippen LogP contribution >= 0.6 is 0 Å². The third-order valence-electron chi connectivity index (χ3n) is 2.41. The predicted octanol–water partition coefficient (Wildman–Crippen LogP) is 1.69. The highest BCUT2D eigenvalue weighted by Gasteiger charge is 2.65. The Bertz CT molecular complexity index is 195. The van der Waals surface area contributed by atoms with Gasteiger partial charge < -0.3 is 0 Å². The summed E-state index contributed by atoms with van der Waals surface area (Å²) in [7, 11) is 1.21. The van der Waals surface area contributed by atoms with Gasteiger partial charge in [0.05, 0.1) is 0 Å². The molecule has 0 spiro atoms. The van der Waals surface area contributed by atoms with Crippen LogP contribution in [0.5, 0.6) is 0 Å². The molecule has 1 aliphatic heterocycles. The third kappa shape index (κ3) is 1.42. The van der Waals surface area contributed by atoms with E-state index in [9.17, 15) is 17.6 Å². The van der Waals surface area contributed by atoms with Gasteiger partial charge in [0.1, 0.15) is 0 Å². The molecule has 0 aliphatic carbocycles. The normalized spacial score (nSPS) is 33.2. The van der Waals surface area contributed by atoms with Crippen LogP contribution in [-0.4, -0.2) is 30.6 Å². The number of nitrogens with zero attached hydrogens (tertiary/aromatic N) is 1. The largest absolute Gasteiger partial charge is 0.379 e. The van der Waals surface area contributed by atoms with Crippen molar-refractivity contribution in [2.75, 3.05) is 13.6 Å². The van der Waals surface area contributed by atoms with Crippen LogP contribution in [0.2, 0.25) is 0 Å². The van der Waals surface area contributed by atoms with Crippen LogP contribution in [0.4, 0.5) is 17.6 Å². The zero-order chi connectivity index (χ0) is 10.3. The molecule has 0 aromatic carbocycles. The maximum absolute atomic E-state index is 13.0. The summed E-state index contributed by atoms with van der Waals surface area (Å²) in [6.07, 6.45) is 0.0590. The zero-order valence-corrected chi connectivity index (χ0v) is 7.45. The van der Waals surface area contributed by atoms with Gasteiger partial charge in [0.15, 0.2) is 0 Å². The topological polar surface area (TPSA) is 15.3 Å². The number of piperidine rings is 1. The van der Waals surface area contributed by atoms with Crippen molar-refractivity contribution in [2.45, 2.75) is 25.3 Å². The zero-order valence-electron chi connectivity index (χ0n) is 7.45. The lowest BCUT2D eigenvalue weighted by Gasteiger charge is -2.42. The summed E-state index contributed by atoms with van der Waals surface area (Å²) in [6.45, 7) is 1.07. The first kappa shape index (κ1) is 10.7. The van der Waals surface area contributed by atoms with E-state index < -0.39 is 17.9 Å². The lowest BCUT2D eigenvalue weighted by Crippen LogP contribution is -2.64. The van der Waals surface area contributed by atoms with Crippen LogP contribution in [-0.2, 0) is 0 Å². The van der Waals surface area contributed by atoms with Crippen molar-refractivity contribution in [3.05, 3.63) is 0 Å². The highest BCUT2D eigenvalue weighted by molar-refractivity contribution is 4.92. The number of hydrogen-bond donors (Lipinski definition) is 1. The number of nitrogens with one attached hydrogen (secondary N) is 1. The second-order valence-corrected chi connectivity index (χ2v) is 3.23. The van der Waals surface area contributed by atoms with Gasteiger partial charge in [0.2, 0.25) is 0 Å². The number of hydrazine groups is 1. The Morgan fingerprint density at radius 1 is 1.31 bits per heavy atom. The molecule has 1 unspecified atom stereocenters. The molecular formula is C7H12F4N2. The average molecular weight is 200 g/mol. The summed E-state index contributed by atoms with van der Waals surface area (Å²) in [6, 6.07) is -4.10. The summed E-state index contributed by atoms with van der Waals surface area (Å²) in [5.41, 5.74) is 2.07. The van der Waals surface area contributed by atoms with Gasteiger partial charge >= 0.3 is 12.0 Å². The lowest BCUT2D eigenvalue weighted by molar-refractivity contribution is -0.332. The highest BCUT2D eigenvalue weighted by atomic mass is 19.3. The van der Waals surface area contributed by atoms with Crippen LogP contribution < -0.4 is 5.43 Å². The molecule has 1 rings (SSSR count). The Labute approximate surface area is 73.9 Å². The van der Waals surface area contributed by atoms with E-state index in [0.29, 0.717) is 0 Å². The van der Waals surface area contributed by atoms with Crippen molar-refractivity contribution >= 4 is 0 Å². The molecule has 0 radical (unpaired) electrons. The number of halogens is 4. The Kier molecular flexibility index (Phi) is 2.55. The monoisotopic (exact) mass is 200 g/mol. The van der Waals surface area contributed by atoms with Crippen molar-refractivity contribution in [2.24, 2.45) is 5.92 Å². The lowest BCUT2D eigenvalue weighted by atomic mass is 9.94. The van der Waals surface area contributed by atoms with Crippen LogP contribution in [0.1, 0.15) is 13.3 Å². The predicted molar refractivity (Wildman–Crippen MR) is 39.4 cm³/mol. The number of rotatable bonds is 1. The first-order valence-corrected chi connectivity index (χ1v) is 4.04. The van der Waals surface area contributed by atoms with Crippen LogP contribution in [0.3, 0.4) is 0 Å². The fourth-order valence-electron chi connectivity index (χ4n) is 1.37. The maximum atomic E-state index is 13.0. The SMILES string of the molecule is CNN1CCC(C)C(F)(F)C1(F)F. The molecular weight excluding hydrogens is 188 g/mol. The minimum atomic E-state index is -4.10. The van der Waals surface area contributed by atoms with Gasteiger partial charge in [-0.15, -0.1) is 0 Å². The van der Waals surface area contributed by atoms with Crippen LogP contribution in [0.25, 0.3) is 0 Å². The fraction of sp³-hybridized carbons (Fsp3) is 1.00. The van der Waals surface area contributed by atoms with Gasteiger partial charge in [0, 0.05) is 12.5 Å². The van der Waals surface area contributed by atoms with Gasteiger partial charge in [-0.3, -0.25) is 5.43 Å². The molecule has 1 saturated heterocycles. The van der Waals surface area contributed by atoms with E-state index in [1.54, 1.807) is 0 Å². The molecule has 1 atom stereocenters. The first-order chi connectivity index (χ1) is 5.84. The van der Waals surface area contributed by atoms with E-state index in [4.69, 9.17) is 0 Å². The van der Waals surface area contributed by atoms with E-state index in [1.165, 1.54) is 7.05 Å². The van der Waals surface area contributed by atoms with E-state index in [-0.39, 0.29) is 18.0 Å². The van der Waals surface area contributed by atoms with E-state index in [2.05, 4.69) is 5.43 Å². The van der Waals surface area contributed by atoms with Crippen molar-refractivity contribution in [1.29, 1.82) is 0 Å². The smallest absolute Gasteiger partial charge is 0.253 e. The summed E-state index contributed by atoms with van der Waals surface area (Å²) >= 11 is 0. The summed E-state index contributed by atoms with van der Waals surface area (Å²) in [5.74, 6) is -5.25. The fourth-order valence-corrected chi connectivity index (χ4v) is 1.37. The number of alkyl halides is 4. The Hall–Kier alpha value is -0.360. The van der Waals surface area contributed by atoms with Gasteiger partial charge in [-0.1, -0.05) is 6.92 Å². The second-order valence-electron chi connectivity index (χ2n) is 3.23. The molecule has 78 valence electrons. The molecule has 13 heavy (non-hydrogen) atoms. The molecule has 6 heteroatoms. The average Bonchev–Trinajstić information content (AvgIpc) is 2.02. The van der Waals surface area contributed by atoms with Crippen LogP contribution in [0.15, 0.2) is 0 Å². The van der Waals surface area contributed by atoms with Gasteiger partial charge in [-0.2, -0.15) is 22.6 Å². The minimum absolute atomic E-state index is 0.0590. The van der Waals surface area contributed by atoms with Crippen molar-refractivity contribution in [3.63, 3.8) is 0 Å². The Morgan fingerprint density at radius 2 is 1.85 bits per heavy atom. The molecule has 0 aromatic rings. The molecule has 1 N–H and O–H groups in total. The standard InChI is InChI=1S/C7H12F4N2/c1-5-3-4-13(12-2)7(10,11)6(5,8)9/h5,12H,3-4H2,1-2H3. The molecule has 1 heterocycles. The second kappa shape index (κ2) is 3.09. The van der Waals surface area contributed by atoms with Gasteiger partial charge in [-0.25, -0.2) is 0 Å². The first-order valence-electron chi connectivity index (χ1n) is 4.04. The summed E-state index contributed by atoms with van der Waals surface area (Å²) in [4.78, 5) is 0. The molecule has 0 amide bonds. The Morgan fingerprint density at radius 3 is 2.31 bits per heavy atom. The molecule has 0 bridgehead atoms. The maximum Gasteiger partial charge on any atom is 0.379 e. The molecule has 2 nitrogen and oxygen atoms in total. The molecule has 1 fully saturated rings. The van der Waals surface area contributed by atoms with E-state index in [0.717, 1.165) is 6.92 Å². The number of hydrogen-bond acceptors (Lipinski definition) is 2. The van der Waals surface area contributed by atoms with Crippen molar-refractivity contribution < 1.29 is 17.6 Å². The van der Waals surface area contributed by atoms with E-state index >= 15 is 0 Å². The summed E-state index contributed by atoms with van der Waals surface area (Å²) < 4.78 is 52.0. The summed E-state index contributed by atoms with van der Waals surface area (Å²) in [5, 5.41) is 0.285. The van der Waals surface area contributed by atoms with Crippen LogP contribution in [0, 0.1) is 5.92 Å². The Balaban J connectivity index is 2.92. The minimum Gasteiger partial charge on any atom is -0.253 e. The molecule has 0 saturated carbocycles. The van der Waals surface area contributed by atoms with E-state index in [1.807, 2.05) is 0 Å².